The molecule has 68 valence electrons. The van der Waals surface area contributed by atoms with Gasteiger partial charge < -0.3 is 15.9 Å². The highest BCUT2D eigenvalue weighted by molar-refractivity contribution is 5.93. The predicted octanol–water partition coefficient (Wildman–Crippen LogP) is 0.584. The van der Waals surface area contributed by atoms with Gasteiger partial charge in [0.1, 0.15) is 5.76 Å². The number of ether oxygens (including phenoxy) is 1. The molecule has 0 unspecified atom stereocenters. The van der Waals surface area contributed by atoms with Crippen LogP contribution in [-0.4, -0.2) is 19.9 Å². The smallest absolute Gasteiger partial charge is 0.134 e. The molecule has 0 aromatic heterocycles. The monoisotopic (exact) mass is 169 g/mol. The Labute approximate surface area is 72.8 Å². The Bertz CT molecular complexity index is 218. The van der Waals surface area contributed by atoms with E-state index in [9.17, 15) is 0 Å². The van der Waals surface area contributed by atoms with Crippen LogP contribution in [0.25, 0.3) is 0 Å². The van der Waals surface area contributed by atoms with Crippen molar-refractivity contribution in [3.05, 3.63) is 24.1 Å². The number of nitrogens with one attached hydrogen (secondary N) is 1. The molecule has 0 spiro atoms. The van der Waals surface area contributed by atoms with Crippen molar-refractivity contribution in [1.29, 1.82) is 0 Å². The van der Waals surface area contributed by atoms with E-state index in [0.717, 1.165) is 5.71 Å². The highest BCUT2D eigenvalue weighted by atomic mass is 16.5. The molecule has 0 saturated carbocycles. The van der Waals surface area contributed by atoms with Gasteiger partial charge in [0.05, 0.1) is 18.5 Å². The lowest BCUT2D eigenvalue weighted by Crippen LogP contribution is -2.06. The number of methoxy groups -OCH3 is 1. The lowest BCUT2D eigenvalue weighted by Gasteiger charge is -2.03. The van der Waals surface area contributed by atoms with Gasteiger partial charge in [-0.3, -0.25) is 0 Å². The molecule has 0 aromatic carbocycles. The normalized spacial score (nSPS) is 12.6. The third-order valence-corrected chi connectivity index (χ3v) is 1.22. The highest BCUT2D eigenvalue weighted by Gasteiger charge is 1.96. The number of hydrogen-bond acceptors (Lipinski definition) is 4. The van der Waals surface area contributed by atoms with Crippen LogP contribution in [-0.2, 0) is 4.74 Å². The maximum Gasteiger partial charge on any atom is 0.134 e. The average molecular weight is 169 g/mol. The van der Waals surface area contributed by atoms with E-state index in [0.29, 0.717) is 11.5 Å². The van der Waals surface area contributed by atoms with Crippen molar-refractivity contribution in [3.8, 4) is 0 Å². The Balaban J connectivity index is 4.35. The van der Waals surface area contributed by atoms with Gasteiger partial charge in [-0.25, -0.2) is 0 Å². The molecule has 0 aliphatic rings. The van der Waals surface area contributed by atoms with Crippen LogP contribution in [0.1, 0.15) is 6.92 Å². The summed E-state index contributed by atoms with van der Waals surface area (Å²) in [6, 6.07) is 0. The van der Waals surface area contributed by atoms with Gasteiger partial charge in [-0.1, -0.05) is 6.58 Å². The molecule has 0 heterocycles. The van der Waals surface area contributed by atoms with Gasteiger partial charge in [-0.2, -0.15) is 5.10 Å². The zero-order chi connectivity index (χ0) is 9.56. The van der Waals surface area contributed by atoms with Crippen LogP contribution in [0.15, 0.2) is 29.2 Å². The van der Waals surface area contributed by atoms with E-state index >= 15 is 0 Å². The van der Waals surface area contributed by atoms with Crippen molar-refractivity contribution in [1.82, 2.24) is 5.43 Å². The number of hydrazone groups is 1. The Hall–Kier alpha value is -1.45. The molecule has 3 N–H and O–H groups in total. The second-order valence-corrected chi connectivity index (χ2v) is 2.20. The van der Waals surface area contributed by atoms with Crippen molar-refractivity contribution in [2.24, 2.45) is 10.8 Å². The van der Waals surface area contributed by atoms with E-state index in [1.165, 1.54) is 7.11 Å². The molecule has 12 heavy (non-hydrogen) atoms. The summed E-state index contributed by atoms with van der Waals surface area (Å²) in [6.45, 7) is 5.42. The van der Waals surface area contributed by atoms with Crippen LogP contribution < -0.4 is 11.2 Å². The van der Waals surface area contributed by atoms with Crippen LogP contribution in [0.5, 0.6) is 0 Å². The number of nitrogens with two attached hydrogens (primary N) is 1. The minimum Gasteiger partial charge on any atom is -0.495 e. The van der Waals surface area contributed by atoms with Crippen LogP contribution >= 0.6 is 0 Å². The fourth-order valence-electron chi connectivity index (χ4n) is 0.632. The molecule has 0 atom stereocenters. The molecule has 0 bridgehead atoms. The van der Waals surface area contributed by atoms with Gasteiger partial charge in [-0.05, 0) is 13.0 Å². The molecule has 0 rings (SSSR count). The summed E-state index contributed by atoms with van der Waals surface area (Å²) in [4.78, 5) is 0. The minimum atomic E-state index is 0.445. The van der Waals surface area contributed by atoms with Crippen LogP contribution in [0.4, 0.5) is 0 Å². The number of nitrogens with zero attached hydrogens (tertiary/aromatic N) is 1. The molecule has 0 amide bonds. The van der Waals surface area contributed by atoms with Crippen molar-refractivity contribution in [2.45, 2.75) is 6.92 Å². The second kappa shape index (κ2) is 5.23. The van der Waals surface area contributed by atoms with E-state index in [1.807, 2.05) is 6.92 Å². The van der Waals surface area contributed by atoms with Gasteiger partial charge in [-0.15, -0.1) is 0 Å². The van der Waals surface area contributed by atoms with Crippen molar-refractivity contribution < 1.29 is 4.74 Å². The maximum atomic E-state index is 5.59. The minimum absolute atomic E-state index is 0.445. The molecule has 0 fully saturated rings. The van der Waals surface area contributed by atoms with Crippen molar-refractivity contribution >= 4 is 5.71 Å². The third-order valence-electron chi connectivity index (χ3n) is 1.22. The van der Waals surface area contributed by atoms with E-state index in [1.54, 1.807) is 13.1 Å². The highest BCUT2D eigenvalue weighted by Crippen LogP contribution is 2.00. The third kappa shape index (κ3) is 3.65. The summed E-state index contributed by atoms with van der Waals surface area (Å²) in [5.41, 5.74) is 9.49. The fraction of sp³-hybridized carbons (Fsp3) is 0.375. The SMILES string of the molecule is C=C(OC)C(N)=CC(C)=NNC. The lowest BCUT2D eigenvalue weighted by atomic mass is 10.3. The molecular weight excluding hydrogens is 154 g/mol. The Morgan fingerprint density at radius 2 is 2.25 bits per heavy atom. The lowest BCUT2D eigenvalue weighted by molar-refractivity contribution is 0.302. The number of allylic oxidation sites excluding steroid dienone is 1. The topological polar surface area (TPSA) is 59.6 Å². The molecule has 0 aromatic rings. The molecule has 0 aliphatic heterocycles. The van der Waals surface area contributed by atoms with Gasteiger partial charge in [0.2, 0.25) is 0 Å². The molecule has 4 nitrogen and oxygen atoms in total. The summed E-state index contributed by atoms with van der Waals surface area (Å²) >= 11 is 0. The summed E-state index contributed by atoms with van der Waals surface area (Å²) in [5, 5.41) is 3.89. The fourth-order valence-corrected chi connectivity index (χ4v) is 0.632. The van der Waals surface area contributed by atoms with Crippen LogP contribution in [0, 0.1) is 0 Å². The first kappa shape index (κ1) is 10.6. The van der Waals surface area contributed by atoms with E-state index in [4.69, 9.17) is 10.5 Å². The van der Waals surface area contributed by atoms with Gasteiger partial charge in [0.15, 0.2) is 0 Å². The Morgan fingerprint density at radius 3 is 2.67 bits per heavy atom. The maximum absolute atomic E-state index is 5.59. The molecule has 0 radical (unpaired) electrons. The second-order valence-electron chi connectivity index (χ2n) is 2.20. The van der Waals surface area contributed by atoms with Crippen molar-refractivity contribution in [2.75, 3.05) is 14.2 Å². The average Bonchev–Trinajstić information content (AvgIpc) is 2.03. The summed E-state index contributed by atoms with van der Waals surface area (Å²) < 4.78 is 4.83. The molecule has 0 saturated heterocycles. The summed E-state index contributed by atoms with van der Waals surface area (Å²) in [6.07, 6.45) is 1.68. The van der Waals surface area contributed by atoms with Crippen LogP contribution in [0.3, 0.4) is 0 Å². The van der Waals surface area contributed by atoms with E-state index in [-0.39, 0.29) is 0 Å². The first-order valence-corrected chi connectivity index (χ1v) is 3.53. The number of hydrogen-bond donors (Lipinski definition) is 2. The van der Waals surface area contributed by atoms with Gasteiger partial charge in [0.25, 0.3) is 0 Å². The molecular formula is C8H15N3O. The molecule has 0 aliphatic carbocycles. The quantitative estimate of drug-likeness (QED) is 0.280. The Kier molecular flexibility index (Phi) is 4.60. The summed E-state index contributed by atoms with van der Waals surface area (Å²) in [7, 11) is 3.24. The first-order valence-electron chi connectivity index (χ1n) is 3.53. The van der Waals surface area contributed by atoms with Gasteiger partial charge in [0, 0.05) is 7.05 Å². The van der Waals surface area contributed by atoms with E-state index in [2.05, 4.69) is 17.1 Å². The summed E-state index contributed by atoms with van der Waals surface area (Å²) in [5.74, 6) is 0.445. The zero-order valence-electron chi connectivity index (χ0n) is 7.72. The van der Waals surface area contributed by atoms with Crippen molar-refractivity contribution in [3.63, 3.8) is 0 Å². The van der Waals surface area contributed by atoms with Gasteiger partial charge >= 0.3 is 0 Å². The number of rotatable bonds is 4. The Morgan fingerprint density at radius 1 is 1.67 bits per heavy atom. The standard InChI is InChI=1S/C8H15N3O/c1-6(11-10-3)5-8(9)7(2)12-4/h5,10H,2,9H2,1,3-4H3. The molecule has 4 heteroatoms. The zero-order valence-corrected chi connectivity index (χ0v) is 7.72. The predicted molar refractivity (Wildman–Crippen MR) is 50.6 cm³/mol. The first-order chi connectivity index (χ1) is 5.61. The van der Waals surface area contributed by atoms with E-state index < -0.39 is 0 Å². The largest absolute Gasteiger partial charge is 0.495 e. The van der Waals surface area contributed by atoms with Crippen LogP contribution in [0.2, 0.25) is 0 Å².